The molecule has 0 atom stereocenters. The average molecular weight is 306 g/mol. The molecule has 0 aliphatic heterocycles. The first-order valence-corrected chi connectivity index (χ1v) is 7.54. The maximum atomic E-state index is 12.1. The molecule has 0 aliphatic rings. The highest BCUT2D eigenvalue weighted by atomic mass is 35.5. The third-order valence-electron chi connectivity index (χ3n) is 1.45. The Bertz CT molecular complexity index is 294. The van der Waals surface area contributed by atoms with E-state index in [0.717, 1.165) is 0 Å². The maximum absolute atomic E-state index is 12.1. The van der Waals surface area contributed by atoms with Crippen LogP contribution in [0.3, 0.4) is 0 Å². The van der Waals surface area contributed by atoms with Gasteiger partial charge in [-0.1, -0.05) is 23.2 Å². The van der Waals surface area contributed by atoms with Gasteiger partial charge in [0.2, 0.25) is 5.90 Å². The molecule has 0 aromatic carbocycles. The van der Waals surface area contributed by atoms with Gasteiger partial charge in [-0.3, -0.25) is 9.05 Å². The number of halogens is 2. The van der Waals surface area contributed by atoms with E-state index >= 15 is 0 Å². The monoisotopic (exact) mass is 305 g/mol. The summed E-state index contributed by atoms with van der Waals surface area (Å²) in [7, 11) is -3.61. The molecule has 0 saturated heterocycles. The van der Waals surface area contributed by atoms with Crippen molar-refractivity contribution in [1.29, 1.82) is 0 Å². The van der Waals surface area contributed by atoms with Gasteiger partial charge >= 0.3 is 7.75 Å². The second-order valence-corrected chi connectivity index (χ2v) is 6.39. The molecule has 0 unspecified atom stereocenters. The quantitative estimate of drug-likeness (QED) is 0.311. The Hall–Kier alpha value is 0.200. The summed E-state index contributed by atoms with van der Waals surface area (Å²) in [5.74, 6) is -0.0754. The van der Waals surface area contributed by atoms with Crippen LogP contribution >= 0.6 is 30.9 Å². The van der Waals surface area contributed by atoms with Crippen molar-refractivity contribution in [2.24, 2.45) is 4.76 Å². The molecule has 0 N–H and O–H groups in total. The molecule has 5 nitrogen and oxygen atoms in total. The largest absolute Gasteiger partial charge is 0.479 e. The molecule has 102 valence electrons. The van der Waals surface area contributed by atoms with E-state index in [-0.39, 0.29) is 19.1 Å². The van der Waals surface area contributed by atoms with Crippen LogP contribution in [0.1, 0.15) is 27.7 Å². The lowest BCUT2D eigenvalue weighted by molar-refractivity contribution is 0.219. The first-order chi connectivity index (χ1) is 7.79. The van der Waals surface area contributed by atoms with Crippen LogP contribution in [0.5, 0.6) is 0 Å². The number of hydrogen-bond acceptors (Lipinski definition) is 4. The van der Waals surface area contributed by atoms with E-state index in [1.807, 2.05) is 0 Å². The fourth-order valence-corrected chi connectivity index (χ4v) is 2.55. The molecule has 0 spiro atoms. The fraction of sp³-hybridized carbons (Fsp3) is 0.889. The van der Waals surface area contributed by atoms with E-state index in [0.29, 0.717) is 6.61 Å². The second kappa shape index (κ2) is 7.59. The number of rotatable bonds is 7. The Morgan fingerprint density at radius 3 is 1.94 bits per heavy atom. The van der Waals surface area contributed by atoms with Gasteiger partial charge in [0.1, 0.15) is 0 Å². The summed E-state index contributed by atoms with van der Waals surface area (Å²) in [6, 6.07) is 0. The molecule has 0 bridgehead atoms. The Kier molecular flexibility index (Phi) is 7.68. The fourth-order valence-electron chi connectivity index (χ4n) is 0.913. The van der Waals surface area contributed by atoms with Gasteiger partial charge in [-0.2, -0.15) is 0 Å². The lowest BCUT2D eigenvalue weighted by Gasteiger charge is -2.19. The minimum absolute atomic E-state index is 0.0754. The van der Waals surface area contributed by atoms with Gasteiger partial charge in [-0.05, 0) is 27.7 Å². The minimum Gasteiger partial charge on any atom is -0.479 e. The van der Waals surface area contributed by atoms with Crippen molar-refractivity contribution in [1.82, 2.24) is 0 Å². The molecular weight excluding hydrogens is 288 g/mol. The van der Waals surface area contributed by atoms with Gasteiger partial charge in [0, 0.05) is 0 Å². The van der Waals surface area contributed by atoms with Gasteiger partial charge in [-0.25, -0.2) is 4.57 Å². The molecule has 0 aromatic heterocycles. The summed E-state index contributed by atoms with van der Waals surface area (Å²) in [5, 5.41) is 0. The van der Waals surface area contributed by atoms with E-state index in [1.54, 1.807) is 20.8 Å². The molecule has 0 aromatic rings. The van der Waals surface area contributed by atoms with Gasteiger partial charge in [0.15, 0.2) is 4.33 Å². The smallest absolute Gasteiger partial charge is 0.456 e. The van der Waals surface area contributed by atoms with Gasteiger partial charge in [0.25, 0.3) is 0 Å². The Morgan fingerprint density at radius 2 is 1.65 bits per heavy atom. The van der Waals surface area contributed by atoms with Crippen molar-refractivity contribution in [3.63, 3.8) is 0 Å². The first kappa shape index (κ1) is 17.2. The van der Waals surface area contributed by atoms with Crippen LogP contribution < -0.4 is 0 Å². The lowest BCUT2D eigenvalue weighted by atomic mass is 10.5. The van der Waals surface area contributed by atoms with E-state index in [9.17, 15) is 4.57 Å². The summed E-state index contributed by atoms with van der Waals surface area (Å²) in [6.07, 6.45) is 0. The number of nitrogens with zero attached hydrogens (tertiary/aromatic N) is 1. The Morgan fingerprint density at radius 1 is 1.18 bits per heavy atom. The summed E-state index contributed by atoms with van der Waals surface area (Å²) in [4.78, 5) is 0. The van der Waals surface area contributed by atoms with E-state index in [2.05, 4.69) is 4.76 Å². The molecule has 17 heavy (non-hydrogen) atoms. The summed E-state index contributed by atoms with van der Waals surface area (Å²) >= 11 is 11.7. The normalized spacial score (nSPS) is 13.9. The van der Waals surface area contributed by atoms with Crippen molar-refractivity contribution >= 4 is 36.8 Å². The maximum Gasteiger partial charge on any atom is 0.456 e. The van der Waals surface area contributed by atoms with Crippen LogP contribution in [0, 0.1) is 0 Å². The third kappa shape index (κ3) is 6.63. The highest BCUT2D eigenvalue weighted by molar-refractivity contribution is 7.52. The minimum atomic E-state index is -3.61. The topological polar surface area (TPSA) is 57.1 Å². The lowest BCUT2D eigenvalue weighted by Crippen LogP contribution is -2.25. The van der Waals surface area contributed by atoms with Crippen molar-refractivity contribution < 1.29 is 18.3 Å². The molecule has 0 amide bonds. The molecular formula is C9H18Cl2NO4P. The number of ether oxygens (including phenoxy) is 1. The van der Waals surface area contributed by atoms with E-state index in [4.69, 9.17) is 37.0 Å². The number of alkyl halides is 2. The molecule has 0 saturated carbocycles. The zero-order valence-electron chi connectivity index (χ0n) is 10.4. The van der Waals surface area contributed by atoms with Gasteiger partial charge in [0.05, 0.1) is 19.8 Å². The first-order valence-electron chi connectivity index (χ1n) is 5.29. The SMILES string of the molecule is CCOC(=NP(=O)(OCC)OCC)C(C)(Cl)Cl. The van der Waals surface area contributed by atoms with E-state index < -0.39 is 12.1 Å². The van der Waals surface area contributed by atoms with Crippen LogP contribution in [0.15, 0.2) is 4.76 Å². The molecule has 0 radical (unpaired) electrons. The Labute approximate surface area is 112 Å². The van der Waals surface area contributed by atoms with Crippen LogP contribution in [0.4, 0.5) is 0 Å². The standard InChI is InChI=1S/C9H18Cl2NO4P/c1-5-14-8(9(4,10)11)12-17(13,15-6-2)16-7-3/h5-7H2,1-4H3. The van der Waals surface area contributed by atoms with Crippen LogP contribution in [-0.4, -0.2) is 30.1 Å². The number of hydrogen-bond donors (Lipinski definition) is 0. The predicted octanol–water partition coefficient (Wildman–Crippen LogP) is 3.80. The zero-order valence-corrected chi connectivity index (χ0v) is 12.8. The molecule has 8 heteroatoms. The van der Waals surface area contributed by atoms with Crippen molar-refractivity contribution in [3.05, 3.63) is 0 Å². The summed E-state index contributed by atoms with van der Waals surface area (Å²) in [5.41, 5.74) is 0. The average Bonchev–Trinajstić information content (AvgIpc) is 2.16. The molecule has 0 fully saturated rings. The molecule has 0 aliphatic carbocycles. The van der Waals surface area contributed by atoms with Crippen LogP contribution in [0.2, 0.25) is 0 Å². The molecule has 0 heterocycles. The second-order valence-electron chi connectivity index (χ2n) is 3.03. The van der Waals surface area contributed by atoms with Crippen molar-refractivity contribution in [2.45, 2.75) is 32.0 Å². The highest BCUT2D eigenvalue weighted by Gasteiger charge is 2.33. The van der Waals surface area contributed by atoms with Gasteiger partial charge in [-0.15, -0.1) is 4.76 Å². The van der Waals surface area contributed by atoms with Gasteiger partial charge < -0.3 is 4.74 Å². The predicted molar refractivity (Wildman–Crippen MR) is 70.0 cm³/mol. The van der Waals surface area contributed by atoms with Crippen molar-refractivity contribution in [3.8, 4) is 0 Å². The summed E-state index contributed by atoms with van der Waals surface area (Å²) in [6.45, 7) is 7.26. The summed E-state index contributed by atoms with van der Waals surface area (Å²) < 4.78 is 29.6. The van der Waals surface area contributed by atoms with Crippen LogP contribution in [0.25, 0.3) is 0 Å². The van der Waals surface area contributed by atoms with E-state index in [1.165, 1.54) is 6.92 Å². The van der Waals surface area contributed by atoms with Crippen molar-refractivity contribution in [2.75, 3.05) is 19.8 Å². The zero-order chi connectivity index (χ0) is 13.5. The Balaban J connectivity index is 5.15. The third-order valence-corrected chi connectivity index (χ3v) is 3.37. The van der Waals surface area contributed by atoms with Crippen LogP contribution in [-0.2, 0) is 18.3 Å². The highest BCUT2D eigenvalue weighted by Crippen LogP contribution is 2.50. The molecule has 0 rings (SSSR count).